The molecule has 3 aromatic carbocycles. The summed E-state index contributed by atoms with van der Waals surface area (Å²) in [5.74, 6) is -0.355. The Hall–Kier alpha value is -3.39. The molecule has 0 aromatic heterocycles. The second kappa shape index (κ2) is 9.61. The van der Waals surface area contributed by atoms with E-state index in [9.17, 15) is 17.6 Å². The van der Waals surface area contributed by atoms with Gasteiger partial charge in [-0.1, -0.05) is 36.4 Å². The van der Waals surface area contributed by atoms with Gasteiger partial charge in [0, 0.05) is 12.5 Å². The fourth-order valence-electron chi connectivity index (χ4n) is 3.08. The fourth-order valence-corrected chi connectivity index (χ4v) is 4.55. The second-order valence-corrected chi connectivity index (χ2v) is 8.53. The van der Waals surface area contributed by atoms with Crippen LogP contribution < -0.4 is 13.8 Å². The van der Waals surface area contributed by atoms with Gasteiger partial charge in [-0.15, -0.1) is 0 Å². The smallest absolute Gasteiger partial charge is 0.264 e. The molecule has 0 aliphatic carbocycles. The molecule has 3 rings (SSSR count). The normalized spacial score (nSPS) is 11.1. The van der Waals surface area contributed by atoms with Crippen molar-refractivity contribution in [3.63, 3.8) is 0 Å². The van der Waals surface area contributed by atoms with E-state index in [0.29, 0.717) is 5.75 Å². The molecule has 0 bridgehead atoms. The van der Waals surface area contributed by atoms with Crippen LogP contribution >= 0.6 is 0 Å². The number of anilines is 1. The Morgan fingerprint density at radius 3 is 2.26 bits per heavy atom. The fraction of sp³-hybridized carbons (Fsp3) is 0.174. The largest absolute Gasteiger partial charge is 0.497 e. The van der Waals surface area contributed by atoms with Crippen molar-refractivity contribution in [1.82, 2.24) is 0 Å². The van der Waals surface area contributed by atoms with Gasteiger partial charge in [-0.05, 0) is 35.9 Å². The van der Waals surface area contributed by atoms with Crippen molar-refractivity contribution >= 4 is 21.5 Å². The molecule has 0 N–H and O–H groups in total. The number of nitrogens with zero attached hydrogens (tertiary/aromatic N) is 1. The lowest BCUT2D eigenvalue weighted by Gasteiger charge is -2.26. The molecule has 8 heteroatoms. The van der Waals surface area contributed by atoms with Gasteiger partial charge in [0.1, 0.15) is 17.3 Å². The van der Waals surface area contributed by atoms with Gasteiger partial charge in [0.05, 0.1) is 31.3 Å². The zero-order valence-corrected chi connectivity index (χ0v) is 17.9. The van der Waals surface area contributed by atoms with E-state index < -0.39 is 28.2 Å². The number of methoxy groups -OCH3 is 2. The maximum atomic E-state index is 14.0. The Morgan fingerprint density at radius 2 is 1.61 bits per heavy atom. The third kappa shape index (κ3) is 5.03. The number of hydrogen-bond donors (Lipinski definition) is 0. The molecule has 6 nitrogen and oxygen atoms in total. The van der Waals surface area contributed by atoms with Gasteiger partial charge in [-0.25, -0.2) is 12.8 Å². The summed E-state index contributed by atoms with van der Waals surface area (Å²) in [5, 5.41) is 0. The maximum absolute atomic E-state index is 14.0. The summed E-state index contributed by atoms with van der Waals surface area (Å²) in [7, 11) is -1.27. The molecule has 0 spiro atoms. The van der Waals surface area contributed by atoms with Crippen LogP contribution in [0.3, 0.4) is 0 Å². The van der Waals surface area contributed by atoms with Crippen LogP contribution in [0.25, 0.3) is 0 Å². The molecule has 0 saturated carbocycles. The first kappa shape index (κ1) is 22.3. The molecule has 0 amide bonds. The van der Waals surface area contributed by atoms with Crippen molar-refractivity contribution in [2.45, 2.75) is 11.3 Å². The van der Waals surface area contributed by atoms with Gasteiger partial charge >= 0.3 is 0 Å². The van der Waals surface area contributed by atoms with E-state index in [2.05, 4.69) is 0 Å². The minimum absolute atomic E-state index is 0.0126. The first-order valence-electron chi connectivity index (χ1n) is 9.41. The predicted molar refractivity (Wildman–Crippen MR) is 116 cm³/mol. The van der Waals surface area contributed by atoms with Gasteiger partial charge in [0.2, 0.25) is 0 Å². The quantitative estimate of drug-likeness (QED) is 0.502. The van der Waals surface area contributed by atoms with Crippen molar-refractivity contribution in [3.05, 3.63) is 84.2 Å². The molecule has 0 radical (unpaired) electrons. The average Bonchev–Trinajstić information content (AvgIpc) is 2.79. The van der Waals surface area contributed by atoms with Crippen molar-refractivity contribution < 1.29 is 27.1 Å². The van der Waals surface area contributed by atoms with Crippen LogP contribution in [0.15, 0.2) is 77.7 Å². The Balaban J connectivity index is 2.05. The highest BCUT2D eigenvalue weighted by atomic mass is 32.2. The SMILES string of the molecule is COc1ccc(OC)c(N(CC(=O)Cc2ccccc2F)S(=O)(=O)c2ccccc2)c1. The lowest BCUT2D eigenvalue weighted by Crippen LogP contribution is -2.36. The minimum Gasteiger partial charge on any atom is -0.497 e. The summed E-state index contributed by atoms with van der Waals surface area (Å²) in [5.41, 5.74) is 0.342. The molecular weight excluding hydrogens is 421 g/mol. The van der Waals surface area contributed by atoms with E-state index in [-0.39, 0.29) is 28.3 Å². The third-order valence-corrected chi connectivity index (χ3v) is 6.43. The topological polar surface area (TPSA) is 72.9 Å². The molecule has 0 aliphatic heterocycles. The number of hydrogen-bond acceptors (Lipinski definition) is 5. The summed E-state index contributed by atoms with van der Waals surface area (Å²) >= 11 is 0. The van der Waals surface area contributed by atoms with Crippen LogP contribution in [0.4, 0.5) is 10.1 Å². The van der Waals surface area contributed by atoms with Gasteiger partial charge in [0.25, 0.3) is 10.0 Å². The molecule has 3 aromatic rings. The predicted octanol–water partition coefficient (Wildman–Crippen LogP) is 3.85. The summed E-state index contributed by atoms with van der Waals surface area (Å²) < 4.78 is 52.5. The molecule has 31 heavy (non-hydrogen) atoms. The zero-order chi connectivity index (χ0) is 22.4. The Labute approximate surface area is 180 Å². The molecule has 162 valence electrons. The number of halogens is 1. The lowest BCUT2D eigenvalue weighted by molar-refractivity contribution is -0.117. The molecule has 0 saturated heterocycles. The van der Waals surface area contributed by atoms with Gasteiger partial charge in [-0.3, -0.25) is 9.10 Å². The minimum atomic E-state index is -4.13. The van der Waals surface area contributed by atoms with Crippen LogP contribution in [0.5, 0.6) is 11.5 Å². The molecule has 0 fully saturated rings. The monoisotopic (exact) mass is 443 g/mol. The molecular formula is C23H22FNO5S. The highest BCUT2D eigenvalue weighted by Gasteiger charge is 2.30. The second-order valence-electron chi connectivity index (χ2n) is 6.67. The number of carbonyl (C=O) groups is 1. The van der Waals surface area contributed by atoms with Crippen LogP contribution in [-0.4, -0.2) is 35.0 Å². The molecule has 0 aliphatic rings. The first-order chi connectivity index (χ1) is 14.9. The number of sulfonamides is 1. The van der Waals surface area contributed by atoms with Gasteiger partial charge in [0.15, 0.2) is 5.78 Å². The van der Waals surface area contributed by atoms with E-state index >= 15 is 0 Å². The van der Waals surface area contributed by atoms with Gasteiger partial charge < -0.3 is 9.47 Å². The third-order valence-electron chi connectivity index (χ3n) is 4.65. The Kier molecular flexibility index (Phi) is 6.91. The van der Waals surface area contributed by atoms with Crippen LogP contribution in [0, 0.1) is 5.82 Å². The number of rotatable bonds is 9. The van der Waals surface area contributed by atoms with Crippen molar-refractivity contribution in [3.8, 4) is 11.5 Å². The first-order valence-corrected chi connectivity index (χ1v) is 10.9. The Bertz CT molecular complexity index is 1170. The number of Topliss-reactive ketones (excluding diaryl/α,β-unsaturated/α-hetero) is 1. The molecule has 0 heterocycles. The van der Waals surface area contributed by atoms with E-state index in [1.807, 2.05) is 0 Å². The van der Waals surface area contributed by atoms with Crippen LogP contribution in [0.2, 0.25) is 0 Å². The maximum Gasteiger partial charge on any atom is 0.264 e. The van der Waals surface area contributed by atoms with Crippen molar-refractivity contribution in [2.24, 2.45) is 0 Å². The Morgan fingerprint density at radius 1 is 0.935 bits per heavy atom. The summed E-state index contributed by atoms with van der Waals surface area (Å²) in [6.07, 6.45) is -0.250. The van der Waals surface area contributed by atoms with E-state index in [1.165, 1.54) is 50.6 Å². The number of benzene rings is 3. The summed E-state index contributed by atoms with van der Waals surface area (Å²) in [6, 6.07) is 18.3. The number of ether oxygens (including phenoxy) is 2. The molecule has 0 unspecified atom stereocenters. The zero-order valence-electron chi connectivity index (χ0n) is 17.1. The molecule has 0 atom stereocenters. The van der Waals surface area contributed by atoms with E-state index in [0.717, 1.165) is 4.31 Å². The van der Waals surface area contributed by atoms with Crippen molar-refractivity contribution in [2.75, 3.05) is 25.1 Å². The number of carbonyl (C=O) groups excluding carboxylic acids is 1. The van der Waals surface area contributed by atoms with Crippen LogP contribution in [-0.2, 0) is 21.2 Å². The van der Waals surface area contributed by atoms with Gasteiger partial charge in [-0.2, -0.15) is 0 Å². The standard InChI is InChI=1S/C23H22FNO5S/c1-29-19-12-13-23(30-2)22(15-19)25(31(27,28)20-9-4-3-5-10-20)16-18(26)14-17-8-6-7-11-21(17)24/h3-13,15H,14,16H2,1-2H3. The van der Waals surface area contributed by atoms with E-state index in [4.69, 9.17) is 9.47 Å². The summed E-state index contributed by atoms with van der Waals surface area (Å²) in [6.45, 7) is -0.505. The highest BCUT2D eigenvalue weighted by molar-refractivity contribution is 7.92. The van der Waals surface area contributed by atoms with E-state index in [1.54, 1.807) is 36.4 Å². The van der Waals surface area contributed by atoms with Crippen molar-refractivity contribution in [1.29, 1.82) is 0 Å². The lowest BCUT2D eigenvalue weighted by atomic mass is 10.1. The van der Waals surface area contributed by atoms with Crippen LogP contribution in [0.1, 0.15) is 5.56 Å². The number of ketones is 1. The highest BCUT2D eigenvalue weighted by Crippen LogP contribution is 2.35. The summed E-state index contributed by atoms with van der Waals surface area (Å²) in [4.78, 5) is 12.8. The average molecular weight is 443 g/mol.